The van der Waals surface area contributed by atoms with Gasteiger partial charge in [0.15, 0.2) is 5.43 Å². The largest absolute Gasteiger partial charge is 0.360 e. The minimum atomic E-state index is 0.0480. The zero-order valence-electron chi connectivity index (χ0n) is 8.00. The number of aromatic amines is 1. The van der Waals surface area contributed by atoms with Crippen molar-refractivity contribution < 1.29 is 0 Å². The molecule has 2 heteroatoms. The van der Waals surface area contributed by atoms with Crippen molar-refractivity contribution in [3.8, 4) is 0 Å². The second-order valence-corrected chi connectivity index (χ2v) is 3.36. The molecule has 0 saturated heterocycles. The first-order valence-corrected chi connectivity index (χ1v) is 4.46. The van der Waals surface area contributed by atoms with Crippen molar-refractivity contribution in [2.75, 3.05) is 0 Å². The highest BCUT2D eigenvalue weighted by atomic mass is 16.1. The fraction of sp³-hybridized carbons (Fsp3) is 0.0833. The van der Waals surface area contributed by atoms with Crippen molar-refractivity contribution in [2.24, 2.45) is 0 Å². The smallest absolute Gasteiger partial charge is 0.196 e. The highest BCUT2D eigenvalue weighted by Gasteiger charge is 2.03. The van der Waals surface area contributed by atoms with Crippen LogP contribution in [0.25, 0.3) is 16.5 Å². The summed E-state index contributed by atoms with van der Waals surface area (Å²) in [4.78, 5) is 15.0. The number of nitrogens with one attached hydrogen (secondary N) is 1. The van der Waals surface area contributed by atoms with Crippen LogP contribution in [0.1, 0.15) is 12.5 Å². The number of H-pyrrole nitrogens is 1. The predicted octanol–water partition coefficient (Wildman–Crippen LogP) is 2.56. The Labute approximate surface area is 81.9 Å². The first kappa shape index (κ1) is 8.75. The minimum absolute atomic E-state index is 0.0480. The third-order valence-corrected chi connectivity index (χ3v) is 2.25. The molecule has 2 aromatic rings. The molecule has 1 heterocycles. The maximum Gasteiger partial charge on any atom is 0.196 e. The monoisotopic (exact) mass is 185 g/mol. The first-order valence-electron chi connectivity index (χ1n) is 4.46. The molecule has 0 aliphatic carbocycles. The number of benzene rings is 1. The lowest BCUT2D eigenvalue weighted by Crippen LogP contribution is -2.07. The molecule has 1 aromatic heterocycles. The number of hydrogen-bond donors (Lipinski definition) is 1. The van der Waals surface area contributed by atoms with Crippen LogP contribution in [0.15, 0.2) is 41.8 Å². The van der Waals surface area contributed by atoms with Gasteiger partial charge in [-0.1, -0.05) is 18.7 Å². The van der Waals surface area contributed by atoms with Crippen molar-refractivity contribution in [3.63, 3.8) is 0 Å². The highest BCUT2D eigenvalue weighted by Crippen LogP contribution is 2.11. The maximum atomic E-state index is 11.9. The number of para-hydroxylation sites is 1. The summed E-state index contributed by atoms with van der Waals surface area (Å²) >= 11 is 0. The van der Waals surface area contributed by atoms with Gasteiger partial charge in [-0.25, -0.2) is 0 Å². The van der Waals surface area contributed by atoms with E-state index in [1.165, 1.54) is 0 Å². The Hall–Kier alpha value is -1.83. The molecule has 0 amide bonds. The fourth-order valence-corrected chi connectivity index (χ4v) is 1.48. The number of pyridine rings is 1. The molecule has 0 fully saturated rings. The van der Waals surface area contributed by atoms with Gasteiger partial charge in [-0.15, -0.1) is 0 Å². The Bertz CT molecular complexity index is 551. The summed E-state index contributed by atoms with van der Waals surface area (Å²) in [5.74, 6) is 0. The van der Waals surface area contributed by atoms with Gasteiger partial charge >= 0.3 is 0 Å². The third-order valence-electron chi connectivity index (χ3n) is 2.25. The fourth-order valence-electron chi connectivity index (χ4n) is 1.48. The average Bonchev–Trinajstić information content (AvgIpc) is 2.18. The second-order valence-electron chi connectivity index (χ2n) is 3.36. The van der Waals surface area contributed by atoms with Gasteiger partial charge in [0.1, 0.15) is 0 Å². The Kier molecular flexibility index (Phi) is 1.97. The predicted molar refractivity (Wildman–Crippen MR) is 59.3 cm³/mol. The molecule has 2 nitrogen and oxygen atoms in total. The van der Waals surface area contributed by atoms with E-state index in [9.17, 15) is 4.79 Å². The lowest BCUT2D eigenvalue weighted by Gasteiger charge is -2.01. The van der Waals surface area contributed by atoms with E-state index in [4.69, 9.17) is 0 Å². The van der Waals surface area contributed by atoms with Crippen LogP contribution in [0.5, 0.6) is 0 Å². The Morgan fingerprint density at radius 2 is 2.07 bits per heavy atom. The van der Waals surface area contributed by atoms with Gasteiger partial charge in [-0.3, -0.25) is 4.79 Å². The van der Waals surface area contributed by atoms with E-state index in [1.807, 2.05) is 31.2 Å². The molecule has 0 saturated carbocycles. The molecule has 70 valence electrons. The van der Waals surface area contributed by atoms with Gasteiger partial charge in [0.2, 0.25) is 0 Å². The van der Waals surface area contributed by atoms with Gasteiger partial charge < -0.3 is 4.98 Å². The van der Waals surface area contributed by atoms with Crippen molar-refractivity contribution in [1.82, 2.24) is 4.98 Å². The van der Waals surface area contributed by atoms with E-state index in [-0.39, 0.29) is 5.43 Å². The molecular weight excluding hydrogens is 174 g/mol. The van der Waals surface area contributed by atoms with Crippen LogP contribution in [0.3, 0.4) is 0 Å². The third kappa shape index (κ3) is 1.25. The van der Waals surface area contributed by atoms with E-state index in [2.05, 4.69) is 11.6 Å². The van der Waals surface area contributed by atoms with Crippen LogP contribution in [0, 0.1) is 0 Å². The second kappa shape index (κ2) is 3.14. The molecule has 0 spiro atoms. The normalized spacial score (nSPS) is 10.4. The molecule has 1 N–H and O–H groups in total. The molecule has 14 heavy (non-hydrogen) atoms. The maximum absolute atomic E-state index is 11.9. The average molecular weight is 185 g/mol. The molecule has 0 aliphatic rings. The van der Waals surface area contributed by atoms with E-state index >= 15 is 0 Å². The topological polar surface area (TPSA) is 32.9 Å². The van der Waals surface area contributed by atoms with Gasteiger partial charge in [0.05, 0.1) is 0 Å². The Morgan fingerprint density at radius 3 is 2.79 bits per heavy atom. The molecule has 0 bridgehead atoms. The van der Waals surface area contributed by atoms with Crippen LogP contribution in [0.2, 0.25) is 0 Å². The number of allylic oxidation sites excluding steroid dienone is 1. The number of fused-ring (bicyclic) bond motifs is 1. The van der Waals surface area contributed by atoms with E-state index in [1.54, 1.807) is 6.20 Å². The van der Waals surface area contributed by atoms with Gasteiger partial charge in [-0.2, -0.15) is 0 Å². The van der Waals surface area contributed by atoms with Gasteiger partial charge in [0, 0.05) is 22.7 Å². The zero-order valence-corrected chi connectivity index (χ0v) is 8.00. The summed E-state index contributed by atoms with van der Waals surface area (Å²) in [6.45, 7) is 5.61. The lowest BCUT2D eigenvalue weighted by molar-refractivity contribution is 1.35. The summed E-state index contributed by atoms with van der Waals surface area (Å²) in [5, 5.41) is 0.716. The molecule has 1 aromatic carbocycles. The molecule has 0 aliphatic heterocycles. The Balaban J connectivity index is 2.89. The molecule has 0 radical (unpaired) electrons. The van der Waals surface area contributed by atoms with E-state index < -0.39 is 0 Å². The van der Waals surface area contributed by atoms with E-state index in [0.717, 1.165) is 11.1 Å². The molecule has 0 unspecified atom stereocenters. The minimum Gasteiger partial charge on any atom is -0.360 e. The van der Waals surface area contributed by atoms with Gasteiger partial charge in [-0.05, 0) is 24.6 Å². The lowest BCUT2D eigenvalue weighted by atomic mass is 10.1. The molecule has 2 rings (SSSR count). The van der Waals surface area contributed by atoms with E-state index in [0.29, 0.717) is 10.9 Å². The summed E-state index contributed by atoms with van der Waals surface area (Å²) in [5.41, 5.74) is 2.36. The summed E-state index contributed by atoms with van der Waals surface area (Å²) in [7, 11) is 0. The van der Waals surface area contributed by atoms with Crippen molar-refractivity contribution in [2.45, 2.75) is 6.92 Å². The van der Waals surface area contributed by atoms with Gasteiger partial charge in [0.25, 0.3) is 0 Å². The molecule has 0 atom stereocenters. The molecular formula is C12H11NO. The number of rotatable bonds is 1. The number of hydrogen-bond acceptors (Lipinski definition) is 1. The van der Waals surface area contributed by atoms with Crippen molar-refractivity contribution in [3.05, 3.63) is 52.8 Å². The van der Waals surface area contributed by atoms with Crippen LogP contribution in [0.4, 0.5) is 0 Å². The van der Waals surface area contributed by atoms with Crippen molar-refractivity contribution in [1.29, 1.82) is 0 Å². The Morgan fingerprint density at radius 1 is 1.36 bits per heavy atom. The zero-order chi connectivity index (χ0) is 10.1. The summed E-state index contributed by atoms with van der Waals surface area (Å²) in [6.07, 6.45) is 1.72. The summed E-state index contributed by atoms with van der Waals surface area (Å²) in [6, 6.07) is 7.47. The van der Waals surface area contributed by atoms with Crippen LogP contribution in [-0.4, -0.2) is 4.98 Å². The highest BCUT2D eigenvalue weighted by molar-refractivity contribution is 5.81. The number of aromatic nitrogens is 1. The van der Waals surface area contributed by atoms with Crippen LogP contribution < -0.4 is 5.43 Å². The standard InChI is InChI=1S/C12H11NO/c1-8(2)10-7-13-11-6-4-3-5-9(11)12(10)14/h3-7H,1H2,2H3,(H,13,14). The van der Waals surface area contributed by atoms with Crippen molar-refractivity contribution >= 4 is 16.5 Å². The quantitative estimate of drug-likeness (QED) is 0.727. The first-order chi connectivity index (χ1) is 6.70. The SMILES string of the molecule is C=C(C)c1c[nH]c2ccccc2c1=O. The van der Waals surface area contributed by atoms with Crippen LogP contribution >= 0.6 is 0 Å². The summed E-state index contributed by atoms with van der Waals surface area (Å²) < 4.78 is 0. The van der Waals surface area contributed by atoms with Crippen LogP contribution in [-0.2, 0) is 0 Å².